The molecule has 0 aromatic heterocycles. The maximum atomic E-state index is 11.7. The number of carbonyl (C=O) groups excluding carboxylic acids is 1. The van der Waals surface area contributed by atoms with Gasteiger partial charge >= 0.3 is 5.97 Å². The van der Waals surface area contributed by atoms with Crippen molar-refractivity contribution in [2.75, 3.05) is 40.4 Å². The van der Waals surface area contributed by atoms with E-state index in [0.29, 0.717) is 18.0 Å². The lowest BCUT2D eigenvalue weighted by Gasteiger charge is -2.33. The van der Waals surface area contributed by atoms with Gasteiger partial charge in [0, 0.05) is 19.6 Å². The molecular weight excluding hydrogens is 346 g/mol. The van der Waals surface area contributed by atoms with Crippen LogP contribution in [-0.4, -0.2) is 63.3 Å². The van der Waals surface area contributed by atoms with Crippen LogP contribution in [0, 0.1) is 5.92 Å². The van der Waals surface area contributed by atoms with Gasteiger partial charge in [-0.15, -0.1) is 0 Å². The molecule has 27 heavy (non-hydrogen) atoms. The average Bonchev–Trinajstić information content (AvgIpc) is 2.71. The number of benzene rings is 1. The van der Waals surface area contributed by atoms with Crippen LogP contribution in [0.25, 0.3) is 0 Å². The summed E-state index contributed by atoms with van der Waals surface area (Å²) in [6, 6.07) is 7.60. The van der Waals surface area contributed by atoms with Gasteiger partial charge in [0.25, 0.3) is 0 Å². The number of para-hydroxylation sites is 2. The number of esters is 1. The highest BCUT2D eigenvalue weighted by molar-refractivity contribution is 5.80. The summed E-state index contributed by atoms with van der Waals surface area (Å²) in [5, 5.41) is 3.33. The molecule has 1 heterocycles. The average molecular weight is 377 g/mol. The second-order valence-electron chi connectivity index (χ2n) is 6.56. The minimum absolute atomic E-state index is 0.0121. The van der Waals surface area contributed by atoms with Crippen molar-refractivity contribution in [2.45, 2.75) is 32.8 Å². The number of hydrogen-bond acceptors (Lipinski definition) is 5. The van der Waals surface area contributed by atoms with Crippen LogP contribution in [0.4, 0.5) is 0 Å². The summed E-state index contributed by atoms with van der Waals surface area (Å²) in [7, 11) is 3.08. The van der Waals surface area contributed by atoms with Gasteiger partial charge in [0.1, 0.15) is 6.10 Å². The van der Waals surface area contributed by atoms with E-state index in [9.17, 15) is 4.79 Å². The Morgan fingerprint density at radius 2 is 1.93 bits per heavy atom. The molecule has 7 nitrogen and oxygen atoms in total. The Kier molecular flexibility index (Phi) is 8.23. The lowest BCUT2D eigenvalue weighted by molar-refractivity contribution is -0.146. The molecule has 1 aliphatic rings. The van der Waals surface area contributed by atoms with Crippen LogP contribution in [0.1, 0.15) is 26.7 Å². The van der Waals surface area contributed by atoms with E-state index < -0.39 is 0 Å². The SMILES string of the molecule is CCNC(=NCC(C)Oc1ccccc1OC)N1CCC(C(=O)OC)CC1. The monoisotopic (exact) mass is 377 g/mol. The summed E-state index contributed by atoms with van der Waals surface area (Å²) in [5.41, 5.74) is 0. The Morgan fingerprint density at radius 1 is 1.26 bits per heavy atom. The molecule has 1 N–H and O–H groups in total. The number of nitrogens with zero attached hydrogens (tertiary/aromatic N) is 2. The minimum atomic E-state index is -0.115. The third-order valence-corrected chi connectivity index (χ3v) is 4.56. The summed E-state index contributed by atoms with van der Waals surface area (Å²) in [6.07, 6.45) is 1.47. The fourth-order valence-corrected chi connectivity index (χ4v) is 3.10. The number of likely N-dealkylation sites (tertiary alicyclic amines) is 1. The number of nitrogens with one attached hydrogen (secondary N) is 1. The number of carbonyl (C=O) groups is 1. The fourth-order valence-electron chi connectivity index (χ4n) is 3.10. The van der Waals surface area contributed by atoms with Gasteiger partial charge in [-0.25, -0.2) is 4.99 Å². The van der Waals surface area contributed by atoms with Crippen molar-refractivity contribution < 1.29 is 19.0 Å². The molecule has 2 rings (SSSR count). The third kappa shape index (κ3) is 6.05. The predicted octanol–water partition coefficient (Wildman–Crippen LogP) is 2.31. The maximum absolute atomic E-state index is 11.7. The van der Waals surface area contributed by atoms with Crippen molar-refractivity contribution in [2.24, 2.45) is 10.9 Å². The normalized spacial score (nSPS) is 16.6. The molecule has 1 aromatic carbocycles. The standard InChI is InChI=1S/C20H31N3O4/c1-5-21-20(23-12-10-16(11-13-23)19(24)26-4)22-14-15(2)27-18-9-7-6-8-17(18)25-3/h6-9,15-16H,5,10-14H2,1-4H3,(H,21,22). The summed E-state index contributed by atoms with van der Waals surface area (Å²) >= 11 is 0. The molecule has 0 saturated carbocycles. The number of ether oxygens (including phenoxy) is 3. The molecule has 1 unspecified atom stereocenters. The van der Waals surface area contributed by atoms with Gasteiger partial charge < -0.3 is 24.4 Å². The highest BCUT2D eigenvalue weighted by Crippen LogP contribution is 2.26. The Bertz CT molecular complexity index is 627. The van der Waals surface area contributed by atoms with Crippen molar-refractivity contribution in [3.63, 3.8) is 0 Å². The molecule has 0 amide bonds. The zero-order chi connectivity index (χ0) is 19.6. The van der Waals surface area contributed by atoms with E-state index in [4.69, 9.17) is 19.2 Å². The van der Waals surface area contributed by atoms with Gasteiger partial charge in [-0.05, 0) is 38.8 Å². The second-order valence-corrected chi connectivity index (χ2v) is 6.56. The van der Waals surface area contributed by atoms with Gasteiger partial charge in [0.15, 0.2) is 17.5 Å². The van der Waals surface area contributed by atoms with E-state index >= 15 is 0 Å². The first-order valence-corrected chi connectivity index (χ1v) is 9.49. The quantitative estimate of drug-likeness (QED) is 0.447. The number of guanidine groups is 1. The molecule has 1 fully saturated rings. The number of rotatable bonds is 7. The second kappa shape index (κ2) is 10.6. The van der Waals surface area contributed by atoms with Crippen LogP contribution >= 0.6 is 0 Å². The van der Waals surface area contributed by atoms with E-state index in [1.807, 2.05) is 38.1 Å². The molecule has 0 spiro atoms. The number of hydrogen-bond donors (Lipinski definition) is 1. The Morgan fingerprint density at radius 3 is 2.52 bits per heavy atom. The summed E-state index contributed by atoms with van der Waals surface area (Å²) in [6.45, 7) is 6.92. The summed E-state index contributed by atoms with van der Waals surface area (Å²) in [4.78, 5) is 18.6. The number of aliphatic imine (C=N–C) groups is 1. The van der Waals surface area contributed by atoms with Gasteiger partial charge in [-0.3, -0.25) is 4.79 Å². The van der Waals surface area contributed by atoms with E-state index in [1.54, 1.807) is 7.11 Å². The van der Waals surface area contributed by atoms with Crippen LogP contribution < -0.4 is 14.8 Å². The third-order valence-electron chi connectivity index (χ3n) is 4.56. The van der Waals surface area contributed by atoms with Crippen LogP contribution in [0.5, 0.6) is 11.5 Å². The number of methoxy groups -OCH3 is 2. The minimum Gasteiger partial charge on any atom is -0.493 e. The van der Waals surface area contributed by atoms with E-state index in [2.05, 4.69) is 10.2 Å². The molecule has 0 aliphatic carbocycles. The van der Waals surface area contributed by atoms with Crippen molar-refractivity contribution in [1.29, 1.82) is 0 Å². The molecule has 7 heteroatoms. The van der Waals surface area contributed by atoms with Crippen LogP contribution in [0.2, 0.25) is 0 Å². The lowest BCUT2D eigenvalue weighted by Crippen LogP contribution is -2.47. The van der Waals surface area contributed by atoms with E-state index in [-0.39, 0.29) is 18.0 Å². The Hall–Kier alpha value is -2.44. The van der Waals surface area contributed by atoms with Gasteiger partial charge in [0.2, 0.25) is 0 Å². The first-order valence-electron chi connectivity index (χ1n) is 9.49. The summed E-state index contributed by atoms with van der Waals surface area (Å²) < 4.78 is 16.2. The molecule has 150 valence electrons. The topological polar surface area (TPSA) is 72.4 Å². The largest absolute Gasteiger partial charge is 0.493 e. The molecule has 1 aliphatic heterocycles. The van der Waals surface area contributed by atoms with Crippen molar-refractivity contribution in [3.8, 4) is 11.5 Å². The van der Waals surface area contributed by atoms with Crippen LogP contribution in [0.3, 0.4) is 0 Å². The first kappa shape index (κ1) is 20.9. The van der Waals surface area contributed by atoms with Gasteiger partial charge in [-0.2, -0.15) is 0 Å². The molecule has 0 radical (unpaired) electrons. The predicted molar refractivity (Wildman–Crippen MR) is 105 cm³/mol. The summed E-state index contributed by atoms with van der Waals surface area (Å²) in [5.74, 6) is 2.16. The Labute approximate surface area is 161 Å². The van der Waals surface area contributed by atoms with Crippen LogP contribution in [-0.2, 0) is 9.53 Å². The molecular formula is C20H31N3O4. The van der Waals surface area contributed by atoms with E-state index in [0.717, 1.165) is 38.4 Å². The highest BCUT2D eigenvalue weighted by atomic mass is 16.5. The van der Waals surface area contributed by atoms with Gasteiger partial charge in [-0.1, -0.05) is 12.1 Å². The molecule has 0 bridgehead atoms. The number of piperidine rings is 1. The fraction of sp³-hybridized carbons (Fsp3) is 0.600. The van der Waals surface area contributed by atoms with Gasteiger partial charge in [0.05, 0.1) is 26.7 Å². The van der Waals surface area contributed by atoms with E-state index in [1.165, 1.54) is 7.11 Å². The van der Waals surface area contributed by atoms with Crippen molar-refractivity contribution >= 4 is 11.9 Å². The maximum Gasteiger partial charge on any atom is 0.308 e. The lowest BCUT2D eigenvalue weighted by atomic mass is 9.97. The smallest absolute Gasteiger partial charge is 0.308 e. The highest BCUT2D eigenvalue weighted by Gasteiger charge is 2.27. The zero-order valence-electron chi connectivity index (χ0n) is 16.7. The van der Waals surface area contributed by atoms with Crippen molar-refractivity contribution in [3.05, 3.63) is 24.3 Å². The first-order chi connectivity index (χ1) is 13.1. The molecule has 1 atom stereocenters. The Balaban J connectivity index is 1.94. The molecule has 1 aromatic rings. The zero-order valence-corrected chi connectivity index (χ0v) is 16.7. The van der Waals surface area contributed by atoms with Crippen LogP contribution in [0.15, 0.2) is 29.3 Å². The molecule has 1 saturated heterocycles. The van der Waals surface area contributed by atoms with Crippen molar-refractivity contribution in [1.82, 2.24) is 10.2 Å².